The van der Waals surface area contributed by atoms with E-state index in [9.17, 15) is 0 Å². The van der Waals surface area contributed by atoms with Gasteiger partial charge in [-0.05, 0) is 31.9 Å². The van der Waals surface area contributed by atoms with Gasteiger partial charge < -0.3 is 5.32 Å². The number of aromatic nitrogens is 3. The number of aryl methyl sites for hydroxylation is 1. The lowest BCUT2D eigenvalue weighted by atomic mass is 10.3. The zero-order chi connectivity index (χ0) is 11.4. The molecule has 0 aliphatic carbocycles. The van der Waals surface area contributed by atoms with Crippen LogP contribution >= 0.6 is 0 Å². The first kappa shape index (κ1) is 10.7. The highest BCUT2D eigenvalue weighted by atomic mass is 15.3. The molecule has 4 heteroatoms. The van der Waals surface area contributed by atoms with E-state index in [1.807, 2.05) is 38.3 Å². The van der Waals surface area contributed by atoms with Crippen LogP contribution in [0.5, 0.6) is 0 Å². The van der Waals surface area contributed by atoms with Crippen LogP contribution in [0.2, 0.25) is 0 Å². The molecule has 0 aliphatic rings. The van der Waals surface area contributed by atoms with E-state index in [1.165, 1.54) is 0 Å². The molecule has 0 radical (unpaired) electrons. The Morgan fingerprint density at radius 1 is 1.50 bits per heavy atom. The number of allylic oxidation sites excluding steroid dienone is 1. The molecule has 0 bridgehead atoms. The van der Waals surface area contributed by atoms with Crippen molar-refractivity contribution in [3.8, 4) is 0 Å². The first-order valence-electron chi connectivity index (χ1n) is 5.48. The van der Waals surface area contributed by atoms with Crippen molar-refractivity contribution in [3.63, 3.8) is 0 Å². The van der Waals surface area contributed by atoms with Gasteiger partial charge in [0.2, 0.25) is 5.95 Å². The molecule has 2 heterocycles. The second-order valence-electron chi connectivity index (χ2n) is 3.68. The molecule has 1 N–H and O–H groups in total. The van der Waals surface area contributed by atoms with Crippen molar-refractivity contribution < 1.29 is 0 Å². The van der Waals surface area contributed by atoms with Gasteiger partial charge in [-0.25, -0.2) is 4.52 Å². The summed E-state index contributed by atoms with van der Waals surface area (Å²) in [4.78, 5) is 4.43. The highest BCUT2D eigenvalue weighted by Crippen LogP contribution is 2.09. The van der Waals surface area contributed by atoms with Gasteiger partial charge in [0.15, 0.2) is 5.65 Å². The molecule has 0 atom stereocenters. The second kappa shape index (κ2) is 4.79. The van der Waals surface area contributed by atoms with Gasteiger partial charge in [0, 0.05) is 12.7 Å². The maximum atomic E-state index is 4.43. The summed E-state index contributed by atoms with van der Waals surface area (Å²) in [6, 6.07) is 4.01. The molecule has 0 fully saturated rings. The third kappa shape index (κ3) is 2.21. The average Bonchev–Trinajstić information content (AvgIpc) is 2.69. The van der Waals surface area contributed by atoms with Crippen LogP contribution in [0.15, 0.2) is 30.5 Å². The highest BCUT2D eigenvalue weighted by molar-refractivity contribution is 5.49. The Morgan fingerprint density at radius 3 is 3.12 bits per heavy atom. The molecule has 2 aromatic rings. The Morgan fingerprint density at radius 2 is 2.38 bits per heavy atom. The van der Waals surface area contributed by atoms with Gasteiger partial charge in [-0.15, -0.1) is 5.10 Å². The first-order valence-corrected chi connectivity index (χ1v) is 5.48. The molecule has 16 heavy (non-hydrogen) atoms. The summed E-state index contributed by atoms with van der Waals surface area (Å²) in [5, 5.41) is 7.54. The lowest BCUT2D eigenvalue weighted by Crippen LogP contribution is -2.01. The molecule has 0 saturated carbocycles. The van der Waals surface area contributed by atoms with Crippen LogP contribution in [0.25, 0.3) is 5.65 Å². The SMILES string of the molecule is C/C=C/CCNc1nc2c(C)cccn2n1. The number of rotatable bonds is 4. The zero-order valence-electron chi connectivity index (χ0n) is 9.64. The third-order valence-corrected chi connectivity index (χ3v) is 2.39. The van der Waals surface area contributed by atoms with E-state index in [1.54, 1.807) is 4.52 Å². The summed E-state index contributed by atoms with van der Waals surface area (Å²) in [5.74, 6) is 0.693. The maximum absolute atomic E-state index is 4.43. The van der Waals surface area contributed by atoms with Crippen molar-refractivity contribution in [1.29, 1.82) is 0 Å². The molecule has 2 aromatic heterocycles. The van der Waals surface area contributed by atoms with Crippen molar-refractivity contribution in [2.75, 3.05) is 11.9 Å². The molecular formula is C12H16N4. The minimum absolute atomic E-state index is 0.693. The van der Waals surface area contributed by atoms with Gasteiger partial charge >= 0.3 is 0 Å². The standard InChI is InChI=1S/C12H16N4/c1-3-4-5-8-13-12-14-11-10(2)7-6-9-16(11)15-12/h3-4,6-7,9H,5,8H2,1-2H3,(H,13,15)/b4-3+. The van der Waals surface area contributed by atoms with Crippen LogP contribution in [0, 0.1) is 6.92 Å². The van der Waals surface area contributed by atoms with Crippen molar-refractivity contribution in [2.45, 2.75) is 20.3 Å². The number of fused-ring (bicyclic) bond motifs is 1. The van der Waals surface area contributed by atoms with Crippen LogP contribution in [-0.2, 0) is 0 Å². The van der Waals surface area contributed by atoms with Crippen molar-refractivity contribution in [1.82, 2.24) is 14.6 Å². The fraction of sp³-hybridized carbons (Fsp3) is 0.333. The van der Waals surface area contributed by atoms with E-state index < -0.39 is 0 Å². The topological polar surface area (TPSA) is 42.2 Å². The number of nitrogens with one attached hydrogen (secondary N) is 1. The van der Waals surface area contributed by atoms with Crippen molar-refractivity contribution >= 4 is 11.6 Å². The van der Waals surface area contributed by atoms with Crippen LogP contribution < -0.4 is 5.32 Å². The Labute approximate surface area is 95.0 Å². The Hall–Kier alpha value is -1.84. The largest absolute Gasteiger partial charge is 0.353 e. The smallest absolute Gasteiger partial charge is 0.243 e. The lowest BCUT2D eigenvalue weighted by Gasteiger charge is -1.96. The van der Waals surface area contributed by atoms with E-state index in [0.29, 0.717) is 5.95 Å². The van der Waals surface area contributed by atoms with Crippen LogP contribution in [0.1, 0.15) is 18.9 Å². The molecule has 84 valence electrons. The molecule has 0 aromatic carbocycles. The number of pyridine rings is 1. The highest BCUT2D eigenvalue weighted by Gasteiger charge is 2.03. The summed E-state index contributed by atoms with van der Waals surface area (Å²) in [5.41, 5.74) is 2.05. The molecule has 4 nitrogen and oxygen atoms in total. The maximum Gasteiger partial charge on any atom is 0.243 e. The van der Waals surface area contributed by atoms with E-state index in [2.05, 4.69) is 21.5 Å². The minimum Gasteiger partial charge on any atom is -0.353 e. The van der Waals surface area contributed by atoms with Crippen molar-refractivity contribution in [3.05, 3.63) is 36.0 Å². The third-order valence-electron chi connectivity index (χ3n) is 2.39. The molecule has 0 unspecified atom stereocenters. The zero-order valence-corrected chi connectivity index (χ0v) is 9.64. The van der Waals surface area contributed by atoms with Crippen LogP contribution in [-0.4, -0.2) is 21.1 Å². The molecule has 0 aliphatic heterocycles. The van der Waals surface area contributed by atoms with Crippen LogP contribution in [0.3, 0.4) is 0 Å². The van der Waals surface area contributed by atoms with Gasteiger partial charge in [0.25, 0.3) is 0 Å². The van der Waals surface area contributed by atoms with Gasteiger partial charge in [-0.1, -0.05) is 18.2 Å². The average molecular weight is 216 g/mol. The van der Waals surface area contributed by atoms with Gasteiger partial charge in [0.1, 0.15) is 0 Å². The molecule has 2 rings (SSSR count). The van der Waals surface area contributed by atoms with Crippen LogP contribution in [0.4, 0.5) is 5.95 Å². The molecule has 0 saturated heterocycles. The second-order valence-corrected chi connectivity index (χ2v) is 3.68. The quantitative estimate of drug-likeness (QED) is 0.630. The van der Waals surface area contributed by atoms with Gasteiger partial charge in [0.05, 0.1) is 0 Å². The van der Waals surface area contributed by atoms with Crippen molar-refractivity contribution in [2.24, 2.45) is 0 Å². The number of nitrogens with zero attached hydrogens (tertiary/aromatic N) is 3. The normalized spacial score (nSPS) is 11.4. The summed E-state index contributed by atoms with van der Waals surface area (Å²) in [6.45, 7) is 4.92. The number of hydrogen-bond acceptors (Lipinski definition) is 3. The Kier molecular flexibility index (Phi) is 3.19. The summed E-state index contributed by atoms with van der Waals surface area (Å²) in [6.07, 6.45) is 7.06. The number of hydrogen-bond donors (Lipinski definition) is 1. The predicted molar refractivity (Wildman–Crippen MR) is 65.6 cm³/mol. The summed E-state index contributed by atoms with van der Waals surface area (Å²) < 4.78 is 1.80. The molecule has 0 amide bonds. The fourth-order valence-electron chi connectivity index (χ4n) is 1.55. The molecule has 0 spiro atoms. The monoisotopic (exact) mass is 216 g/mol. The van der Waals surface area contributed by atoms with E-state index >= 15 is 0 Å². The first-order chi connectivity index (χ1) is 7.81. The summed E-state index contributed by atoms with van der Waals surface area (Å²) in [7, 11) is 0. The van der Waals surface area contributed by atoms with E-state index in [0.717, 1.165) is 24.2 Å². The van der Waals surface area contributed by atoms with Gasteiger partial charge in [-0.3, -0.25) is 0 Å². The Balaban J connectivity index is 2.11. The minimum atomic E-state index is 0.693. The van der Waals surface area contributed by atoms with E-state index in [-0.39, 0.29) is 0 Å². The predicted octanol–water partition coefficient (Wildman–Crippen LogP) is 2.42. The van der Waals surface area contributed by atoms with Gasteiger partial charge in [-0.2, -0.15) is 4.98 Å². The molecular weight excluding hydrogens is 200 g/mol. The summed E-state index contributed by atoms with van der Waals surface area (Å²) >= 11 is 0. The lowest BCUT2D eigenvalue weighted by molar-refractivity contribution is 0.941. The van der Waals surface area contributed by atoms with E-state index in [4.69, 9.17) is 0 Å². The Bertz CT molecular complexity index is 499. The fourth-order valence-corrected chi connectivity index (χ4v) is 1.55. The number of anilines is 1.